The van der Waals surface area contributed by atoms with Crippen molar-refractivity contribution in [1.82, 2.24) is 4.98 Å². The Morgan fingerprint density at radius 2 is 1.22 bits per heavy atom. The maximum Gasteiger partial charge on any atom is 3.00 e. The number of nitrogens with zero attached hydrogens (tertiary/aromatic N) is 5. The Kier molecular flexibility index (Phi) is 29.7. The molecule has 10 heteroatoms. The first kappa shape index (κ1) is 31.8. The third kappa shape index (κ3) is 25.4. The van der Waals surface area contributed by atoms with Gasteiger partial charge in [-0.25, -0.2) is 12.7 Å². The van der Waals surface area contributed by atoms with E-state index in [0.717, 1.165) is 0 Å². The Balaban J connectivity index is -0.000000133. The van der Waals surface area contributed by atoms with Gasteiger partial charge in [-0.2, -0.15) is 6.58 Å². The van der Waals surface area contributed by atoms with E-state index in [9.17, 15) is 10.4 Å². The van der Waals surface area contributed by atoms with Crippen molar-refractivity contribution in [3.05, 3.63) is 66.3 Å². The molecule has 1 aromatic rings. The normalized spacial score (nSPS) is 11.0. The fraction of sp³-hybridized carbons (Fsp3) is 0.235. The molecule has 0 unspecified atom stereocenters. The minimum atomic E-state index is 0. The van der Waals surface area contributed by atoms with Crippen LogP contribution in [0, 0.1) is 16.5 Å². The summed E-state index contributed by atoms with van der Waals surface area (Å²) in [6.45, 7) is 12.5. The van der Waals surface area contributed by atoms with Crippen LogP contribution in [0.25, 0.3) is 0 Å². The second kappa shape index (κ2) is 25.3. The molecule has 27 heavy (non-hydrogen) atoms. The molecule has 0 aliphatic heterocycles. The molecule has 1 aromatic heterocycles. The van der Waals surface area contributed by atoms with Gasteiger partial charge in [0.1, 0.15) is 0 Å². The Bertz CT molecular complexity index is 506. The molecule has 0 radical (unpaired) electrons. The largest absolute Gasteiger partial charge is 3.00 e. The molecule has 9 nitrogen and oxygen atoms in total. The van der Waals surface area contributed by atoms with Crippen LogP contribution in [-0.4, -0.2) is 38.2 Å². The maximum absolute atomic E-state index is 9.63. The fourth-order valence-corrected chi connectivity index (χ4v) is 0.589. The van der Waals surface area contributed by atoms with Crippen molar-refractivity contribution in [2.75, 3.05) is 0 Å². The van der Waals surface area contributed by atoms with Crippen molar-refractivity contribution >= 4 is 22.8 Å². The molecule has 1 heterocycles. The van der Waals surface area contributed by atoms with Crippen molar-refractivity contribution in [2.45, 2.75) is 27.7 Å². The molecule has 0 saturated heterocycles. The molecule has 2 N–H and O–H groups in total. The second-order valence-corrected chi connectivity index (χ2v) is 4.16. The Labute approximate surface area is 170 Å². The smallest absolute Gasteiger partial charge is 0.792 e. The fourth-order valence-electron chi connectivity index (χ4n) is 0.589. The summed E-state index contributed by atoms with van der Waals surface area (Å²) in [6, 6.07) is 5.72. The average molecular weight is 421 g/mol. The van der Waals surface area contributed by atoms with Gasteiger partial charge in [0.15, 0.2) is 0 Å². The van der Waals surface area contributed by atoms with Gasteiger partial charge in [0.25, 0.3) is 0 Å². The topological polar surface area (TPSA) is 149 Å². The number of hydrogen-bond acceptors (Lipinski definition) is 9. The van der Waals surface area contributed by atoms with Crippen LogP contribution < -0.4 is 0 Å². The van der Waals surface area contributed by atoms with Crippen molar-refractivity contribution < 1.29 is 27.2 Å². The summed E-state index contributed by atoms with van der Waals surface area (Å²) in [5, 5.41) is 45.8. The van der Waals surface area contributed by atoms with Crippen LogP contribution in [0.3, 0.4) is 0 Å². The van der Waals surface area contributed by atoms with Crippen LogP contribution >= 0.6 is 0 Å². The Morgan fingerprint density at radius 1 is 0.889 bits per heavy atom. The number of hydrogen-bond donors (Lipinski definition) is 2. The molecule has 1 rings (SSSR count). The first-order valence-electron chi connectivity index (χ1n) is 7.06. The minimum Gasteiger partial charge on any atom is -0.792 e. The van der Waals surface area contributed by atoms with E-state index in [4.69, 9.17) is 10.4 Å². The molecule has 0 spiro atoms. The van der Waals surface area contributed by atoms with Crippen molar-refractivity contribution in [3.63, 3.8) is 0 Å². The van der Waals surface area contributed by atoms with E-state index in [0.29, 0.717) is 0 Å². The third-order valence-electron chi connectivity index (χ3n) is 2.33. The maximum atomic E-state index is 9.63. The van der Waals surface area contributed by atoms with Gasteiger partial charge in [-0.15, -0.1) is 0 Å². The van der Waals surface area contributed by atoms with E-state index in [1.54, 1.807) is 12.4 Å². The first-order valence-corrected chi connectivity index (χ1v) is 7.06. The summed E-state index contributed by atoms with van der Waals surface area (Å²) in [5.74, 6) is 0. The summed E-state index contributed by atoms with van der Waals surface area (Å²) < 4.78 is 0. The molecule has 0 aromatic carbocycles. The van der Waals surface area contributed by atoms with Gasteiger partial charge < -0.3 is 31.1 Å². The summed E-state index contributed by atoms with van der Waals surface area (Å²) >= 11 is 0. The zero-order valence-corrected chi connectivity index (χ0v) is 16.7. The van der Waals surface area contributed by atoms with Gasteiger partial charge in [-0.05, 0) is 39.8 Å². The number of rotatable bonds is 3. The molecule has 0 aliphatic rings. The van der Waals surface area contributed by atoms with Gasteiger partial charge in [-0.3, -0.25) is 11.1 Å². The molecule has 150 valence electrons. The van der Waals surface area contributed by atoms with Gasteiger partial charge in [0.05, 0.1) is 22.8 Å². The summed E-state index contributed by atoms with van der Waals surface area (Å²) in [6.07, 6.45) is 7.46. The Hall–Kier alpha value is -2.98. The second-order valence-electron chi connectivity index (χ2n) is 4.16. The van der Waals surface area contributed by atoms with Crippen LogP contribution in [0.1, 0.15) is 27.7 Å². The number of pyridine rings is 1. The zero-order valence-electron chi connectivity index (χ0n) is 15.7. The summed E-state index contributed by atoms with van der Waals surface area (Å²) in [5.41, 5.74) is 0.903. The quantitative estimate of drug-likeness (QED) is 0.250. The van der Waals surface area contributed by atoms with E-state index in [1.807, 2.05) is 18.2 Å². The SMILES string of the molecule is C=[C-]C=C.CC(=N\[O-])/C(C)=N/O.CC(=N\[O-])/C(C)=N/O.[Co+3].c1ccncc1. The monoisotopic (exact) mass is 421 g/mol. The van der Waals surface area contributed by atoms with Crippen LogP contribution in [0.5, 0.6) is 0 Å². The minimum absolute atomic E-state index is 0. The van der Waals surface area contributed by atoms with E-state index in [2.05, 4.69) is 44.8 Å². The molecule has 0 atom stereocenters. The Morgan fingerprint density at radius 3 is 1.30 bits per heavy atom. The standard InChI is InChI=1S/C5H5N.2C4H8N2O2.C4H5.Co/c1-2-4-6-5-3-1;2*1-3(5-7)4(2)6-8;1-3-4-2;/h1-5H;2*7-8H,1-2H3;3H,1-2H2;/q;;;-1;+3/p-2/b;2*5-3+,6-4+;;. The summed E-state index contributed by atoms with van der Waals surface area (Å²) in [4.78, 5) is 3.78. The average Bonchev–Trinajstić information content (AvgIpc) is 2.73. The predicted molar refractivity (Wildman–Crippen MR) is 106 cm³/mol. The molecule has 0 saturated carbocycles. The first-order chi connectivity index (χ1) is 12.4. The van der Waals surface area contributed by atoms with Crippen LogP contribution in [0.4, 0.5) is 0 Å². The number of aromatic nitrogens is 1. The van der Waals surface area contributed by atoms with Crippen LogP contribution in [0.15, 0.2) is 70.4 Å². The molecular weight excluding hydrogens is 397 g/mol. The van der Waals surface area contributed by atoms with E-state index in [1.165, 1.54) is 33.8 Å². The molecule has 0 bridgehead atoms. The van der Waals surface area contributed by atoms with Crippen molar-refractivity contribution in [2.24, 2.45) is 20.6 Å². The van der Waals surface area contributed by atoms with Crippen LogP contribution in [-0.2, 0) is 16.8 Å². The third-order valence-corrected chi connectivity index (χ3v) is 2.33. The number of oxime groups is 2. The van der Waals surface area contributed by atoms with Crippen molar-refractivity contribution in [3.8, 4) is 0 Å². The van der Waals surface area contributed by atoms with E-state index < -0.39 is 0 Å². The van der Waals surface area contributed by atoms with Crippen LogP contribution in [0.2, 0.25) is 0 Å². The van der Waals surface area contributed by atoms with Gasteiger partial charge in [0, 0.05) is 12.4 Å². The van der Waals surface area contributed by atoms with Gasteiger partial charge in [-0.1, -0.05) is 16.4 Å². The predicted octanol–water partition coefficient (Wildman–Crippen LogP) is 3.83. The molecule has 0 fully saturated rings. The van der Waals surface area contributed by atoms with Gasteiger partial charge >= 0.3 is 16.8 Å². The summed E-state index contributed by atoms with van der Waals surface area (Å²) in [7, 11) is 0. The number of allylic oxidation sites excluding steroid dienone is 2. The molecule has 0 aliphatic carbocycles. The van der Waals surface area contributed by atoms with Gasteiger partial charge in [0.2, 0.25) is 0 Å². The van der Waals surface area contributed by atoms with E-state index in [-0.39, 0.29) is 39.6 Å². The molecular formula is C17H24CoN5O4. The van der Waals surface area contributed by atoms with Crippen molar-refractivity contribution in [1.29, 1.82) is 0 Å². The zero-order chi connectivity index (χ0) is 20.8. The molecule has 0 amide bonds. The van der Waals surface area contributed by atoms with E-state index >= 15 is 0 Å².